The molecule has 3 heterocycles. The van der Waals surface area contributed by atoms with Crippen LogP contribution in [0.4, 0.5) is 0 Å². The van der Waals surface area contributed by atoms with Crippen LogP contribution in [0.1, 0.15) is 43.6 Å². The molecular weight excluding hydrogens is 296 g/mol. The fraction of sp³-hybridized carbons (Fsp3) is 0.450. The summed E-state index contributed by atoms with van der Waals surface area (Å²) in [5, 5.41) is 6.00. The van der Waals surface area contributed by atoms with Gasteiger partial charge in [0.2, 0.25) is 0 Å². The van der Waals surface area contributed by atoms with Crippen molar-refractivity contribution in [3.63, 3.8) is 0 Å². The molecule has 1 saturated carbocycles. The van der Waals surface area contributed by atoms with E-state index >= 15 is 0 Å². The molecule has 0 saturated heterocycles. The minimum Gasteiger partial charge on any atom is -0.264 e. The van der Waals surface area contributed by atoms with Gasteiger partial charge in [0.15, 0.2) is 5.65 Å². The van der Waals surface area contributed by atoms with Crippen molar-refractivity contribution in [2.75, 3.05) is 0 Å². The lowest BCUT2D eigenvalue weighted by atomic mass is 9.99. The molecule has 0 radical (unpaired) electrons. The van der Waals surface area contributed by atoms with E-state index in [1.165, 1.54) is 40.6 Å². The predicted octanol–water partition coefficient (Wildman–Crippen LogP) is 4.34. The number of aromatic nitrogens is 4. The summed E-state index contributed by atoms with van der Waals surface area (Å²) in [6.07, 6.45) is 8.55. The van der Waals surface area contributed by atoms with Crippen molar-refractivity contribution in [1.29, 1.82) is 0 Å². The molecule has 124 valence electrons. The maximum atomic E-state index is 4.98. The Labute approximate surface area is 142 Å². The third kappa shape index (κ3) is 2.70. The Hall–Kier alpha value is -2.23. The van der Waals surface area contributed by atoms with E-state index < -0.39 is 0 Å². The first-order valence-electron chi connectivity index (χ1n) is 9.01. The van der Waals surface area contributed by atoms with Crippen molar-refractivity contribution in [2.45, 2.75) is 53.0 Å². The summed E-state index contributed by atoms with van der Waals surface area (Å²) in [4.78, 5) is 9.39. The zero-order valence-electron chi connectivity index (χ0n) is 14.7. The minimum absolute atomic E-state index is 0.821. The lowest BCUT2D eigenvalue weighted by Crippen LogP contribution is -2.01. The molecule has 3 aromatic rings. The van der Waals surface area contributed by atoms with Crippen LogP contribution in [0.15, 0.2) is 24.5 Å². The van der Waals surface area contributed by atoms with Gasteiger partial charge in [-0.25, -0.2) is 9.67 Å². The first-order valence-corrected chi connectivity index (χ1v) is 9.01. The van der Waals surface area contributed by atoms with Gasteiger partial charge in [0, 0.05) is 30.2 Å². The van der Waals surface area contributed by atoms with Gasteiger partial charge in [-0.3, -0.25) is 4.98 Å². The van der Waals surface area contributed by atoms with E-state index in [2.05, 4.69) is 42.6 Å². The zero-order valence-corrected chi connectivity index (χ0v) is 14.7. The maximum absolute atomic E-state index is 4.98. The molecule has 0 amide bonds. The Morgan fingerprint density at radius 2 is 2.00 bits per heavy atom. The first-order chi connectivity index (χ1) is 11.7. The summed E-state index contributed by atoms with van der Waals surface area (Å²) >= 11 is 0. The van der Waals surface area contributed by atoms with Gasteiger partial charge in [0.1, 0.15) is 0 Å². The van der Waals surface area contributed by atoms with Crippen molar-refractivity contribution in [3.8, 4) is 11.1 Å². The van der Waals surface area contributed by atoms with Crippen LogP contribution in [0.3, 0.4) is 0 Å². The molecule has 0 aromatic carbocycles. The minimum atomic E-state index is 0.821. The van der Waals surface area contributed by atoms with Gasteiger partial charge in [-0.15, -0.1) is 0 Å². The smallest absolute Gasteiger partial charge is 0.158 e. The van der Waals surface area contributed by atoms with E-state index in [0.29, 0.717) is 0 Å². The number of hydrogen-bond donors (Lipinski definition) is 0. The first kappa shape index (κ1) is 15.3. The molecule has 4 nitrogen and oxygen atoms in total. The second kappa shape index (κ2) is 6.00. The lowest BCUT2D eigenvalue weighted by molar-refractivity contribution is 0.661. The Kier molecular flexibility index (Phi) is 3.83. The molecule has 0 atom stereocenters. The topological polar surface area (TPSA) is 43.6 Å². The van der Waals surface area contributed by atoms with Gasteiger partial charge in [-0.05, 0) is 68.7 Å². The molecule has 0 bridgehead atoms. The van der Waals surface area contributed by atoms with Gasteiger partial charge in [0.25, 0.3) is 0 Å². The SMILES string of the molecule is CCc1nn(CC)c2nc(CC3CC3)cc(-c3cncc(C)c3)c12. The molecule has 0 unspecified atom stereocenters. The Balaban J connectivity index is 1.98. The van der Waals surface area contributed by atoms with Crippen molar-refractivity contribution in [3.05, 3.63) is 41.5 Å². The second-order valence-electron chi connectivity index (χ2n) is 6.87. The molecule has 0 N–H and O–H groups in total. The molecule has 24 heavy (non-hydrogen) atoms. The molecule has 1 aliphatic rings. The van der Waals surface area contributed by atoms with Crippen LogP contribution in [0, 0.1) is 12.8 Å². The number of fused-ring (bicyclic) bond motifs is 1. The quantitative estimate of drug-likeness (QED) is 0.702. The molecule has 0 aliphatic heterocycles. The second-order valence-corrected chi connectivity index (χ2v) is 6.87. The summed E-state index contributed by atoms with van der Waals surface area (Å²) in [5.74, 6) is 0.821. The summed E-state index contributed by atoms with van der Waals surface area (Å²) in [7, 11) is 0. The number of rotatable bonds is 5. The average Bonchev–Trinajstić information content (AvgIpc) is 3.32. The van der Waals surface area contributed by atoms with E-state index in [1.807, 2.05) is 12.4 Å². The van der Waals surface area contributed by atoms with Gasteiger partial charge < -0.3 is 0 Å². The lowest BCUT2D eigenvalue weighted by Gasteiger charge is -2.09. The maximum Gasteiger partial charge on any atom is 0.158 e. The fourth-order valence-corrected chi connectivity index (χ4v) is 3.42. The molecule has 3 aromatic heterocycles. The predicted molar refractivity (Wildman–Crippen MR) is 97.0 cm³/mol. The standard InChI is InChI=1S/C20H24N4/c1-4-18-19-17(15-8-13(3)11-21-12-15)10-16(9-14-6-7-14)22-20(19)24(5-2)23-18/h8,10-12,14H,4-7,9H2,1-3H3. The highest BCUT2D eigenvalue weighted by Crippen LogP contribution is 2.36. The summed E-state index contributed by atoms with van der Waals surface area (Å²) in [6.45, 7) is 7.24. The summed E-state index contributed by atoms with van der Waals surface area (Å²) in [5.41, 5.74) is 6.95. The Morgan fingerprint density at radius 3 is 2.67 bits per heavy atom. The van der Waals surface area contributed by atoms with Crippen LogP contribution < -0.4 is 0 Å². The third-order valence-corrected chi connectivity index (χ3v) is 4.84. The summed E-state index contributed by atoms with van der Waals surface area (Å²) in [6, 6.07) is 4.49. The molecule has 1 aliphatic carbocycles. The number of pyridine rings is 2. The van der Waals surface area contributed by atoms with E-state index in [1.54, 1.807) is 0 Å². The fourth-order valence-electron chi connectivity index (χ4n) is 3.42. The molecule has 4 heteroatoms. The molecule has 4 rings (SSSR count). The molecule has 0 spiro atoms. The molecule has 1 fully saturated rings. The van der Waals surface area contributed by atoms with Crippen LogP contribution >= 0.6 is 0 Å². The Morgan fingerprint density at radius 1 is 1.17 bits per heavy atom. The highest BCUT2D eigenvalue weighted by molar-refractivity contribution is 5.95. The third-order valence-electron chi connectivity index (χ3n) is 4.84. The van der Waals surface area contributed by atoms with Crippen LogP contribution in [-0.2, 0) is 19.4 Å². The van der Waals surface area contributed by atoms with E-state index in [9.17, 15) is 0 Å². The monoisotopic (exact) mass is 320 g/mol. The van der Waals surface area contributed by atoms with Gasteiger partial charge in [-0.2, -0.15) is 5.10 Å². The highest BCUT2D eigenvalue weighted by atomic mass is 15.3. The summed E-state index contributed by atoms with van der Waals surface area (Å²) < 4.78 is 2.05. The van der Waals surface area contributed by atoms with Crippen LogP contribution in [0.5, 0.6) is 0 Å². The number of nitrogens with zero attached hydrogens (tertiary/aromatic N) is 4. The highest BCUT2D eigenvalue weighted by Gasteiger charge is 2.24. The number of hydrogen-bond acceptors (Lipinski definition) is 3. The van der Waals surface area contributed by atoms with E-state index in [4.69, 9.17) is 10.1 Å². The van der Waals surface area contributed by atoms with Crippen LogP contribution in [-0.4, -0.2) is 19.7 Å². The van der Waals surface area contributed by atoms with Gasteiger partial charge in [0.05, 0.1) is 11.1 Å². The van der Waals surface area contributed by atoms with Gasteiger partial charge in [-0.1, -0.05) is 6.92 Å². The van der Waals surface area contributed by atoms with Crippen LogP contribution in [0.2, 0.25) is 0 Å². The van der Waals surface area contributed by atoms with E-state index in [0.717, 1.165) is 36.6 Å². The van der Waals surface area contributed by atoms with E-state index in [-0.39, 0.29) is 0 Å². The largest absolute Gasteiger partial charge is 0.264 e. The van der Waals surface area contributed by atoms with Crippen molar-refractivity contribution in [2.24, 2.45) is 5.92 Å². The van der Waals surface area contributed by atoms with Crippen molar-refractivity contribution in [1.82, 2.24) is 19.7 Å². The normalized spacial score (nSPS) is 14.5. The Bertz CT molecular complexity index is 890. The number of aryl methyl sites for hydroxylation is 3. The molecular formula is C20H24N4. The average molecular weight is 320 g/mol. The van der Waals surface area contributed by atoms with Gasteiger partial charge >= 0.3 is 0 Å². The van der Waals surface area contributed by atoms with Crippen LogP contribution in [0.25, 0.3) is 22.2 Å². The van der Waals surface area contributed by atoms with Crippen molar-refractivity contribution >= 4 is 11.0 Å². The zero-order chi connectivity index (χ0) is 16.7. The van der Waals surface area contributed by atoms with Crippen molar-refractivity contribution < 1.29 is 0 Å².